The number of hydrogen-bond acceptors (Lipinski definition) is 5. The van der Waals surface area contributed by atoms with Crippen molar-refractivity contribution in [2.45, 2.75) is 20.3 Å². The van der Waals surface area contributed by atoms with E-state index in [2.05, 4.69) is 18.7 Å². The lowest BCUT2D eigenvalue weighted by Gasteiger charge is -2.36. The molecule has 6 nitrogen and oxygen atoms in total. The first kappa shape index (κ1) is 21.7. The molecule has 1 aliphatic heterocycles. The molecule has 1 fully saturated rings. The summed E-state index contributed by atoms with van der Waals surface area (Å²) >= 11 is 0. The van der Waals surface area contributed by atoms with Crippen molar-refractivity contribution in [3.05, 3.63) is 59.7 Å². The van der Waals surface area contributed by atoms with Gasteiger partial charge in [-0.15, -0.1) is 0 Å². The van der Waals surface area contributed by atoms with E-state index >= 15 is 0 Å². The highest BCUT2D eigenvalue weighted by Crippen LogP contribution is 2.28. The lowest BCUT2D eigenvalue weighted by molar-refractivity contribution is -0.134. The molecule has 1 heterocycles. The molecular weight excluding hydrogens is 380 g/mol. The molecule has 0 aromatic heterocycles. The third-order valence-corrected chi connectivity index (χ3v) is 5.22. The summed E-state index contributed by atoms with van der Waals surface area (Å²) in [6.07, 6.45) is 0.967. The summed E-state index contributed by atoms with van der Waals surface area (Å²) in [5.74, 6) is 0.751. The molecule has 1 saturated heterocycles. The van der Waals surface area contributed by atoms with Crippen molar-refractivity contribution in [3.8, 4) is 5.75 Å². The van der Waals surface area contributed by atoms with Gasteiger partial charge in [0.15, 0.2) is 6.61 Å². The van der Waals surface area contributed by atoms with E-state index in [1.54, 1.807) is 24.1 Å². The molecule has 6 heteroatoms. The molecule has 1 aliphatic rings. The number of esters is 1. The third-order valence-electron chi connectivity index (χ3n) is 5.22. The number of rotatable bonds is 7. The van der Waals surface area contributed by atoms with Crippen LogP contribution >= 0.6 is 0 Å². The first-order valence-corrected chi connectivity index (χ1v) is 10.4. The van der Waals surface area contributed by atoms with Crippen LogP contribution in [0.3, 0.4) is 0 Å². The lowest BCUT2D eigenvalue weighted by Crippen LogP contribution is -2.50. The van der Waals surface area contributed by atoms with E-state index in [-0.39, 0.29) is 12.5 Å². The number of hydrogen-bond donors (Lipinski definition) is 0. The summed E-state index contributed by atoms with van der Waals surface area (Å²) in [5.41, 5.74) is 2.68. The fourth-order valence-electron chi connectivity index (χ4n) is 3.64. The van der Waals surface area contributed by atoms with Gasteiger partial charge in [-0.2, -0.15) is 0 Å². The smallest absolute Gasteiger partial charge is 0.338 e. The summed E-state index contributed by atoms with van der Waals surface area (Å²) in [6, 6.07) is 15.3. The van der Waals surface area contributed by atoms with Gasteiger partial charge in [0.1, 0.15) is 5.75 Å². The monoisotopic (exact) mass is 410 g/mol. The second kappa shape index (κ2) is 10.1. The van der Waals surface area contributed by atoms with Crippen LogP contribution in [0.5, 0.6) is 5.75 Å². The van der Waals surface area contributed by atoms with Gasteiger partial charge in [0.2, 0.25) is 0 Å². The number of piperazine rings is 1. The molecule has 0 radical (unpaired) electrons. The van der Waals surface area contributed by atoms with Gasteiger partial charge in [0, 0.05) is 26.2 Å². The van der Waals surface area contributed by atoms with Crippen molar-refractivity contribution >= 4 is 17.6 Å². The summed E-state index contributed by atoms with van der Waals surface area (Å²) < 4.78 is 10.7. The Balaban J connectivity index is 1.47. The van der Waals surface area contributed by atoms with E-state index in [0.717, 1.165) is 17.9 Å². The maximum Gasteiger partial charge on any atom is 0.338 e. The zero-order chi connectivity index (χ0) is 21.5. The zero-order valence-corrected chi connectivity index (χ0v) is 18.0. The topological polar surface area (TPSA) is 59.1 Å². The number of anilines is 1. The highest BCUT2D eigenvalue weighted by molar-refractivity contribution is 5.91. The fraction of sp³-hybridized carbons (Fsp3) is 0.417. The SMILES string of the molecule is COc1ccccc1N1CCN(C(=O)COC(=O)c2ccc(CC(C)C)cc2)CC1. The van der Waals surface area contributed by atoms with Crippen molar-refractivity contribution in [3.63, 3.8) is 0 Å². The lowest BCUT2D eigenvalue weighted by atomic mass is 10.0. The van der Waals surface area contributed by atoms with Crippen molar-refractivity contribution in [2.75, 3.05) is 44.8 Å². The Morgan fingerprint density at radius 1 is 0.967 bits per heavy atom. The van der Waals surface area contributed by atoms with Crippen molar-refractivity contribution in [2.24, 2.45) is 5.92 Å². The van der Waals surface area contributed by atoms with E-state index in [4.69, 9.17) is 9.47 Å². The fourth-order valence-corrected chi connectivity index (χ4v) is 3.64. The van der Waals surface area contributed by atoms with Crippen LogP contribution in [0.2, 0.25) is 0 Å². The Morgan fingerprint density at radius 2 is 1.63 bits per heavy atom. The Labute approximate surface area is 178 Å². The minimum Gasteiger partial charge on any atom is -0.495 e. The van der Waals surface area contributed by atoms with Crippen LogP contribution in [-0.4, -0.2) is 56.7 Å². The zero-order valence-electron chi connectivity index (χ0n) is 18.0. The molecule has 30 heavy (non-hydrogen) atoms. The minimum atomic E-state index is -0.466. The molecule has 0 spiro atoms. The molecule has 1 amide bonds. The number of amides is 1. The van der Waals surface area contributed by atoms with E-state index < -0.39 is 5.97 Å². The molecule has 0 N–H and O–H groups in total. The van der Waals surface area contributed by atoms with E-state index in [9.17, 15) is 9.59 Å². The Hall–Kier alpha value is -3.02. The molecule has 3 rings (SSSR count). The molecule has 2 aromatic rings. The first-order valence-electron chi connectivity index (χ1n) is 10.4. The second-order valence-electron chi connectivity index (χ2n) is 7.91. The molecule has 0 bridgehead atoms. The molecule has 0 aliphatic carbocycles. The predicted octanol–water partition coefficient (Wildman–Crippen LogP) is 3.40. The third kappa shape index (κ3) is 5.53. The molecule has 2 aromatic carbocycles. The number of carbonyl (C=O) groups is 2. The number of para-hydroxylation sites is 2. The Morgan fingerprint density at radius 3 is 2.27 bits per heavy atom. The maximum absolute atomic E-state index is 12.5. The normalized spacial score (nSPS) is 14.0. The average Bonchev–Trinajstić information content (AvgIpc) is 2.77. The van der Waals surface area contributed by atoms with Crippen LogP contribution in [0.1, 0.15) is 29.8 Å². The van der Waals surface area contributed by atoms with Gasteiger partial charge < -0.3 is 19.3 Å². The van der Waals surface area contributed by atoms with E-state index in [1.165, 1.54) is 5.56 Å². The van der Waals surface area contributed by atoms with Crippen molar-refractivity contribution < 1.29 is 19.1 Å². The van der Waals surface area contributed by atoms with Gasteiger partial charge in [-0.3, -0.25) is 4.79 Å². The van der Waals surface area contributed by atoms with Crippen LogP contribution in [0.25, 0.3) is 0 Å². The second-order valence-corrected chi connectivity index (χ2v) is 7.91. The van der Waals surface area contributed by atoms with Gasteiger partial charge in [0.05, 0.1) is 18.4 Å². The molecule has 0 unspecified atom stereocenters. The van der Waals surface area contributed by atoms with Gasteiger partial charge in [-0.1, -0.05) is 38.1 Å². The van der Waals surface area contributed by atoms with E-state index in [1.807, 2.05) is 36.4 Å². The molecule has 0 atom stereocenters. The van der Waals surface area contributed by atoms with Crippen LogP contribution in [0.4, 0.5) is 5.69 Å². The summed E-state index contributed by atoms with van der Waals surface area (Å²) in [6.45, 7) is 6.65. The number of nitrogens with zero attached hydrogens (tertiary/aromatic N) is 2. The molecule has 160 valence electrons. The summed E-state index contributed by atoms with van der Waals surface area (Å²) in [5, 5.41) is 0. The van der Waals surface area contributed by atoms with Gasteiger partial charge in [-0.05, 0) is 42.2 Å². The highest BCUT2D eigenvalue weighted by atomic mass is 16.5. The van der Waals surface area contributed by atoms with Crippen molar-refractivity contribution in [1.29, 1.82) is 0 Å². The number of carbonyl (C=O) groups excluding carboxylic acids is 2. The Kier molecular flexibility index (Phi) is 7.33. The number of ether oxygens (including phenoxy) is 2. The highest BCUT2D eigenvalue weighted by Gasteiger charge is 2.23. The number of methoxy groups -OCH3 is 1. The van der Waals surface area contributed by atoms with Crippen LogP contribution in [0.15, 0.2) is 48.5 Å². The van der Waals surface area contributed by atoms with Crippen LogP contribution in [0, 0.1) is 5.92 Å². The molecular formula is C24H30N2O4. The quantitative estimate of drug-likeness (QED) is 0.655. The standard InChI is InChI=1S/C24H30N2O4/c1-18(2)16-19-8-10-20(11-9-19)24(28)30-17-23(27)26-14-12-25(13-15-26)21-6-4-5-7-22(21)29-3/h4-11,18H,12-17H2,1-3H3. The summed E-state index contributed by atoms with van der Waals surface area (Å²) in [4.78, 5) is 28.7. The minimum absolute atomic E-state index is 0.167. The Bertz CT molecular complexity index is 856. The van der Waals surface area contributed by atoms with Gasteiger partial charge in [-0.25, -0.2) is 4.79 Å². The molecule has 0 saturated carbocycles. The average molecular weight is 411 g/mol. The van der Waals surface area contributed by atoms with Crippen LogP contribution < -0.4 is 9.64 Å². The first-order chi connectivity index (χ1) is 14.5. The predicted molar refractivity (Wildman–Crippen MR) is 117 cm³/mol. The largest absolute Gasteiger partial charge is 0.495 e. The van der Waals surface area contributed by atoms with Crippen molar-refractivity contribution in [1.82, 2.24) is 4.90 Å². The van der Waals surface area contributed by atoms with E-state index in [0.29, 0.717) is 37.7 Å². The maximum atomic E-state index is 12.5. The van der Waals surface area contributed by atoms with Crippen LogP contribution in [-0.2, 0) is 16.0 Å². The van der Waals surface area contributed by atoms with Gasteiger partial charge >= 0.3 is 5.97 Å². The van der Waals surface area contributed by atoms with Gasteiger partial charge in [0.25, 0.3) is 5.91 Å². The number of benzene rings is 2. The summed E-state index contributed by atoms with van der Waals surface area (Å²) in [7, 11) is 1.66.